The van der Waals surface area contributed by atoms with Crippen LogP contribution in [-0.4, -0.2) is 18.4 Å². The van der Waals surface area contributed by atoms with E-state index in [-0.39, 0.29) is 0 Å². The first-order valence-corrected chi connectivity index (χ1v) is 2.44. The lowest BCUT2D eigenvalue weighted by atomic mass is 10.1. The molecule has 42 valence electrons. The zero-order chi connectivity index (χ0) is 6.04. The van der Waals surface area contributed by atoms with E-state index in [1.807, 2.05) is 6.92 Å². The van der Waals surface area contributed by atoms with Gasteiger partial charge in [-0.1, -0.05) is 0 Å². The predicted octanol–water partition coefficient (Wildman–Crippen LogP) is -0.0998. The second kappa shape index (κ2) is 1.48. The molecule has 0 fully saturated rings. The minimum atomic E-state index is -0.431. The van der Waals surface area contributed by atoms with Gasteiger partial charge >= 0.3 is 0 Å². The third-order valence-electron chi connectivity index (χ3n) is 1.13. The van der Waals surface area contributed by atoms with E-state index in [0.717, 1.165) is 0 Å². The molecule has 0 saturated heterocycles. The van der Waals surface area contributed by atoms with Crippen molar-refractivity contribution in [1.82, 2.24) is 5.32 Å². The molecule has 0 bridgehead atoms. The van der Waals surface area contributed by atoms with Crippen molar-refractivity contribution in [2.45, 2.75) is 12.5 Å². The van der Waals surface area contributed by atoms with E-state index in [1.54, 1.807) is 6.34 Å². The number of hydrogen-bond donors (Lipinski definition) is 1. The van der Waals surface area contributed by atoms with Gasteiger partial charge in [-0.25, -0.2) is 0 Å². The molecule has 0 saturated carbocycles. The highest BCUT2D eigenvalue weighted by Crippen LogP contribution is 2.04. The van der Waals surface area contributed by atoms with Crippen LogP contribution in [0.15, 0.2) is 4.99 Å². The van der Waals surface area contributed by atoms with Gasteiger partial charge in [0.05, 0.1) is 19.0 Å². The van der Waals surface area contributed by atoms with Gasteiger partial charge in [0.1, 0.15) is 5.54 Å². The summed E-state index contributed by atoms with van der Waals surface area (Å²) in [6.45, 7) is 2.39. The quantitative estimate of drug-likeness (QED) is 0.472. The fourth-order valence-electron chi connectivity index (χ4n) is 0.530. The molecule has 0 radical (unpaired) electrons. The predicted molar refractivity (Wildman–Crippen MR) is 30.5 cm³/mol. The van der Waals surface area contributed by atoms with Crippen LogP contribution in [0.1, 0.15) is 6.92 Å². The van der Waals surface area contributed by atoms with E-state index >= 15 is 0 Å². The number of rotatable bonds is 0. The van der Waals surface area contributed by atoms with Crippen molar-refractivity contribution in [2.75, 3.05) is 6.54 Å². The van der Waals surface area contributed by atoms with Crippen molar-refractivity contribution < 1.29 is 0 Å². The first-order chi connectivity index (χ1) is 3.77. The van der Waals surface area contributed by atoms with Crippen LogP contribution >= 0.6 is 0 Å². The summed E-state index contributed by atoms with van der Waals surface area (Å²) in [6.07, 6.45) is 1.57. The number of nitrogens with one attached hydrogen (secondary N) is 1. The normalized spacial score (nSPS) is 34.0. The molecule has 1 aliphatic heterocycles. The van der Waals surface area contributed by atoms with Crippen LogP contribution in [0.2, 0.25) is 0 Å². The van der Waals surface area contributed by atoms with Crippen LogP contribution in [0.25, 0.3) is 0 Å². The summed E-state index contributed by atoms with van der Waals surface area (Å²) in [5.41, 5.74) is -0.431. The third kappa shape index (κ3) is 0.648. The summed E-state index contributed by atoms with van der Waals surface area (Å²) < 4.78 is 0. The summed E-state index contributed by atoms with van der Waals surface area (Å²) in [5, 5.41) is 11.3. The average molecular weight is 109 g/mol. The maximum absolute atomic E-state index is 8.43. The Balaban J connectivity index is 2.63. The van der Waals surface area contributed by atoms with E-state index in [9.17, 15) is 0 Å². The molecular formula is C5H7N3. The molecule has 8 heavy (non-hydrogen) atoms. The lowest BCUT2D eigenvalue weighted by Crippen LogP contribution is -2.37. The molecule has 1 N–H and O–H groups in total. The van der Waals surface area contributed by atoms with Crippen LogP contribution in [0, 0.1) is 11.3 Å². The molecule has 0 aliphatic carbocycles. The van der Waals surface area contributed by atoms with Crippen LogP contribution in [0.4, 0.5) is 0 Å². The molecule has 1 aliphatic rings. The highest BCUT2D eigenvalue weighted by Gasteiger charge is 2.24. The lowest BCUT2D eigenvalue weighted by Gasteiger charge is -2.10. The first kappa shape index (κ1) is 5.10. The molecule has 3 heteroatoms. The minimum Gasteiger partial charge on any atom is -0.357 e. The van der Waals surface area contributed by atoms with Crippen molar-refractivity contribution in [2.24, 2.45) is 4.99 Å². The summed E-state index contributed by atoms with van der Waals surface area (Å²) >= 11 is 0. The molecule has 3 nitrogen and oxygen atoms in total. The summed E-state index contributed by atoms with van der Waals surface area (Å²) in [5.74, 6) is 0. The zero-order valence-electron chi connectivity index (χ0n) is 4.68. The Morgan fingerprint density at radius 3 is 3.00 bits per heavy atom. The largest absolute Gasteiger partial charge is 0.357 e. The van der Waals surface area contributed by atoms with E-state index in [4.69, 9.17) is 5.26 Å². The summed E-state index contributed by atoms with van der Waals surface area (Å²) in [7, 11) is 0. The number of nitriles is 1. The van der Waals surface area contributed by atoms with Gasteiger partial charge in [0, 0.05) is 0 Å². The maximum atomic E-state index is 8.43. The summed E-state index contributed by atoms with van der Waals surface area (Å²) in [6, 6.07) is 2.10. The highest BCUT2D eigenvalue weighted by molar-refractivity contribution is 5.60. The summed E-state index contributed by atoms with van der Waals surface area (Å²) in [4.78, 5) is 3.85. The maximum Gasteiger partial charge on any atom is 0.142 e. The average Bonchev–Trinajstić information content (AvgIpc) is 2.17. The molecule has 1 rings (SSSR count). The SMILES string of the molecule is CC1(C#N)CN=CN1. The fourth-order valence-corrected chi connectivity index (χ4v) is 0.530. The third-order valence-corrected chi connectivity index (χ3v) is 1.13. The Bertz CT molecular complexity index is 146. The number of nitrogens with zero attached hydrogens (tertiary/aromatic N) is 2. The van der Waals surface area contributed by atoms with Gasteiger partial charge in [-0.15, -0.1) is 0 Å². The molecule has 0 aromatic heterocycles. The van der Waals surface area contributed by atoms with Gasteiger partial charge in [0.15, 0.2) is 0 Å². The number of aliphatic imine (C=N–C) groups is 1. The van der Waals surface area contributed by atoms with E-state index in [0.29, 0.717) is 6.54 Å². The van der Waals surface area contributed by atoms with Gasteiger partial charge < -0.3 is 5.32 Å². The number of hydrogen-bond acceptors (Lipinski definition) is 3. The van der Waals surface area contributed by atoms with Gasteiger partial charge in [0.2, 0.25) is 0 Å². The van der Waals surface area contributed by atoms with Crippen molar-refractivity contribution in [3.63, 3.8) is 0 Å². The van der Waals surface area contributed by atoms with E-state index in [1.165, 1.54) is 0 Å². The Kier molecular flexibility index (Phi) is 0.943. The lowest BCUT2D eigenvalue weighted by molar-refractivity contribution is 0.587. The van der Waals surface area contributed by atoms with Crippen molar-refractivity contribution >= 4 is 6.34 Å². The second-order valence-corrected chi connectivity index (χ2v) is 2.06. The zero-order valence-corrected chi connectivity index (χ0v) is 4.68. The van der Waals surface area contributed by atoms with Crippen LogP contribution in [-0.2, 0) is 0 Å². The van der Waals surface area contributed by atoms with Gasteiger partial charge in [-0.2, -0.15) is 5.26 Å². The van der Waals surface area contributed by atoms with Gasteiger partial charge in [-0.3, -0.25) is 4.99 Å². The minimum absolute atomic E-state index is 0.431. The van der Waals surface area contributed by atoms with Crippen LogP contribution < -0.4 is 5.32 Å². The Morgan fingerprint density at radius 2 is 2.75 bits per heavy atom. The fraction of sp³-hybridized carbons (Fsp3) is 0.600. The smallest absolute Gasteiger partial charge is 0.142 e. The molecule has 1 atom stereocenters. The molecule has 0 amide bonds. The van der Waals surface area contributed by atoms with Crippen molar-refractivity contribution in [3.05, 3.63) is 0 Å². The van der Waals surface area contributed by atoms with Crippen molar-refractivity contribution in [1.29, 1.82) is 5.26 Å². The van der Waals surface area contributed by atoms with Gasteiger partial charge in [-0.05, 0) is 6.92 Å². The molecule has 0 spiro atoms. The van der Waals surface area contributed by atoms with Gasteiger partial charge in [0.25, 0.3) is 0 Å². The van der Waals surface area contributed by atoms with Crippen LogP contribution in [0.3, 0.4) is 0 Å². The Labute approximate surface area is 48.0 Å². The molecular weight excluding hydrogens is 102 g/mol. The first-order valence-electron chi connectivity index (χ1n) is 2.44. The monoisotopic (exact) mass is 109 g/mol. The molecule has 1 unspecified atom stereocenters. The second-order valence-electron chi connectivity index (χ2n) is 2.06. The molecule has 0 aromatic carbocycles. The Hall–Kier alpha value is -1.04. The van der Waals surface area contributed by atoms with Crippen LogP contribution in [0.5, 0.6) is 0 Å². The topological polar surface area (TPSA) is 48.2 Å². The van der Waals surface area contributed by atoms with Crippen molar-refractivity contribution in [3.8, 4) is 6.07 Å². The standard InChI is InChI=1S/C5H7N3/c1-5(2-6)3-7-4-8-5/h4H,3H2,1H3,(H,7,8). The Morgan fingerprint density at radius 1 is 2.00 bits per heavy atom. The van der Waals surface area contributed by atoms with E-state index in [2.05, 4.69) is 16.4 Å². The highest BCUT2D eigenvalue weighted by atomic mass is 15.1. The molecule has 1 heterocycles. The van der Waals surface area contributed by atoms with E-state index < -0.39 is 5.54 Å². The molecule has 0 aromatic rings.